The van der Waals surface area contributed by atoms with Crippen LogP contribution in [0.25, 0.3) is 5.65 Å². The van der Waals surface area contributed by atoms with Crippen LogP contribution in [0.2, 0.25) is 0 Å². The zero-order valence-electron chi connectivity index (χ0n) is 14.4. The van der Waals surface area contributed by atoms with Crippen LogP contribution < -0.4 is 14.8 Å². The first-order valence-corrected chi connectivity index (χ1v) is 8.04. The largest absolute Gasteiger partial charge is 0.494 e. The van der Waals surface area contributed by atoms with E-state index in [0.717, 1.165) is 17.0 Å². The molecule has 7 heteroatoms. The number of carbonyl (C=O) groups excluding carboxylic acids is 1. The molecule has 0 saturated heterocycles. The Balaban J connectivity index is 1.60. The molecule has 1 N–H and O–H groups in total. The Hall–Kier alpha value is -3.09. The lowest BCUT2D eigenvalue weighted by molar-refractivity contribution is -0.118. The predicted molar refractivity (Wildman–Crippen MR) is 94.2 cm³/mol. The monoisotopic (exact) mass is 340 g/mol. The molecule has 130 valence electrons. The van der Waals surface area contributed by atoms with Gasteiger partial charge in [0.2, 0.25) is 0 Å². The third kappa shape index (κ3) is 4.06. The number of rotatable bonds is 6. The average Bonchev–Trinajstić information content (AvgIpc) is 2.95. The van der Waals surface area contributed by atoms with E-state index in [1.54, 1.807) is 35.0 Å². The summed E-state index contributed by atoms with van der Waals surface area (Å²) >= 11 is 0. The fourth-order valence-corrected chi connectivity index (χ4v) is 2.47. The molecule has 0 aliphatic heterocycles. The maximum absolute atomic E-state index is 12.1. The Bertz CT molecular complexity index is 887. The van der Waals surface area contributed by atoms with E-state index < -0.39 is 0 Å². The summed E-state index contributed by atoms with van der Waals surface area (Å²) in [5, 5.41) is 7.08. The number of aromatic nitrogens is 3. The molecule has 0 saturated carbocycles. The van der Waals surface area contributed by atoms with E-state index >= 15 is 0 Å². The van der Waals surface area contributed by atoms with Gasteiger partial charge in [0, 0.05) is 0 Å². The first kappa shape index (κ1) is 16.8. The lowest BCUT2D eigenvalue weighted by Gasteiger charge is -2.09. The molecule has 3 rings (SSSR count). The molecule has 2 heterocycles. The summed E-state index contributed by atoms with van der Waals surface area (Å²) < 4.78 is 12.5. The number of hydrogen-bond acceptors (Lipinski definition) is 5. The highest BCUT2D eigenvalue weighted by molar-refractivity contribution is 5.92. The normalized spacial score (nSPS) is 10.7. The number of anilines is 1. The first-order valence-electron chi connectivity index (χ1n) is 8.04. The van der Waals surface area contributed by atoms with Gasteiger partial charge in [0.1, 0.15) is 17.3 Å². The number of aryl methyl sites for hydroxylation is 2. The van der Waals surface area contributed by atoms with Crippen molar-refractivity contribution in [2.24, 2.45) is 0 Å². The fourth-order valence-electron chi connectivity index (χ4n) is 2.47. The second-order valence-electron chi connectivity index (χ2n) is 5.58. The number of nitrogens with zero attached hydrogens (tertiary/aromatic N) is 3. The summed E-state index contributed by atoms with van der Waals surface area (Å²) in [6, 6.07) is 9.01. The number of amides is 1. The van der Waals surface area contributed by atoms with E-state index in [9.17, 15) is 4.79 Å². The van der Waals surface area contributed by atoms with Crippen LogP contribution in [-0.2, 0) is 4.79 Å². The van der Waals surface area contributed by atoms with Crippen LogP contribution in [0, 0.1) is 13.8 Å². The van der Waals surface area contributed by atoms with Crippen molar-refractivity contribution in [2.45, 2.75) is 20.8 Å². The van der Waals surface area contributed by atoms with Gasteiger partial charge in [0.15, 0.2) is 12.3 Å². The molecule has 0 atom stereocenters. The van der Waals surface area contributed by atoms with Crippen molar-refractivity contribution < 1.29 is 14.3 Å². The number of nitrogens with one attached hydrogen (secondary N) is 1. The summed E-state index contributed by atoms with van der Waals surface area (Å²) in [6.07, 6.45) is 1.73. The standard InChI is InChI=1S/C18H20N4O3/c1-4-24-15-5-7-16(8-6-15)25-11-17(23)20-14-9-12(2)18-19-13(3)21-22(18)10-14/h5-10H,4,11H2,1-3H3,(H,20,23). The SMILES string of the molecule is CCOc1ccc(OCC(=O)Nc2cc(C)c3nc(C)nn3c2)cc1. The van der Waals surface area contributed by atoms with Gasteiger partial charge in [-0.2, -0.15) is 5.10 Å². The highest BCUT2D eigenvalue weighted by atomic mass is 16.5. The van der Waals surface area contributed by atoms with Gasteiger partial charge in [-0.1, -0.05) is 0 Å². The topological polar surface area (TPSA) is 77.8 Å². The Morgan fingerprint density at radius 3 is 2.52 bits per heavy atom. The van der Waals surface area contributed by atoms with Crippen LogP contribution in [0.3, 0.4) is 0 Å². The van der Waals surface area contributed by atoms with Gasteiger partial charge >= 0.3 is 0 Å². The van der Waals surface area contributed by atoms with Crippen molar-refractivity contribution in [2.75, 3.05) is 18.5 Å². The molecule has 1 aromatic carbocycles. The number of fused-ring (bicyclic) bond motifs is 1. The van der Waals surface area contributed by atoms with Gasteiger partial charge in [-0.25, -0.2) is 9.50 Å². The molecular weight excluding hydrogens is 320 g/mol. The Morgan fingerprint density at radius 2 is 1.84 bits per heavy atom. The van der Waals surface area contributed by atoms with Crippen molar-refractivity contribution in [3.05, 3.63) is 47.9 Å². The fraction of sp³-hybridized carbons (Fsp3) is 0.278. The summed E-state index contributed by atoms with van der Waals surface area (Å²) in [5.41, 5.74) is 2.36. The zero-order chi connectivity index (χ0) is 17.8. The van der Waals surface area contributed by atoms with Gasteiger partial charge in [0.05, 0.1) is 18.5 Å². The zero-order valence-corrected chi connectivity index (χ0v) is 14.4. The van der Waals surface area contributed by atoms with Crippen molar-refractivity contribution in [1.82, 2.24) is 14.6 Å². The van der Waals surface area contributed by atoms with Gasteiger partial charge in [-0.05, 0) is 56.7 Å². The summed E-state index contributed by atoms with van der Waals surface area (Å²) in [7, 11) is 0. The number of benzene rings is 1. The third-order valence-corrected chi connectivity index (χ3v) is 3.51. The van der Waals surface area contributed by atoms with Gasteiger partial charge in [-0.3, -0.25) is 4.79 Å². The molecule has 2 aromatic heterocycles. The molecule has 25 heavy (non-hydrogen) atoms. The van der Waals surface area contributed by atoms with Crippen LogP contribution in [0.5, 0.6) is 11.5 Å². The maximum atomic E-state index is 12.1. The molecule has 0 bridgehead atoms. The van der Waals surface area contributed by atoms with E-state index in [4.69, 9.17) is 9.47 Å². The minimum atomic E-state index is -0.246. The molecule has 0 radical (unpaired) electrons. The molecule has 0 fully saturated rings. The predicted octanol–water partition coefficient (Wildman–Crippen LogP) is 2.76. The summed E-state index contributed by atoms with van der Waals surface area (Å²) in [4.78, 5) is 16.4. The summed E-state index contributed by atoms with van der Waals surface area (Å²) in [5.74, 6) is 1.82. The smallest absolute Gasteiger partial charge is 0.262 e. The number of ether oxygens (including phenoxy) is 2. The van der Waals surface area contributed by atoms with Crippen LogP contribution in [-0.4, -0.2) is 33.7 Å². The van der Waals surface area contributed by atoms with Crippen LogP contribution in [0.1, 0.15) is 18.3 Å². The quantitative estimate of drug-likeness (QED) is 0.746. The number of pyridine rings is 1. The maximum Gasteiger partial charge on any atom is 0.262 e. The van der Waals surface area contributed by atoms with Crippen LogP contribution in [0.15, 0.2) is 36.5 Å². The van der Waals surface area contributed by atoms with Gasteiger partial charge in [-0.15, -0.1) is 0 Å². The Labute approximate surface area is 145 Å². The van der Waals surface area contributed by atoms with Crippen molar-refractivity contribution >= 4 is 17.2 Å². The minimum Gasteiger partial charge on any atom is -0.494 e. The second kappa shape index (κ2) is 7.21. The second-order valence-corrected chi connectivity index (χ2v) is 5.58. The van der Waals surface area contributed by atoms with Crippen molar-refractivity contribution in [3.8, 4) is 11.5 Å². The van der Waals surface area contributed by atoms with Crippen molar-refractivity contribution in [1.29, 1.82) is 0 Å². The molecule has 0 aliphatic rings. The number of carbonyl (C=O) groups is 1. The van der Waals surface area contributed by atoms with Gasteiger partial charge in [0.25, 0.3) is 5.91 Å². The third-order valence-electron chi connectivity index (χ3n) is 3.51. The molecule has 0 unspecified atom stereocenters. The van der Waals surface area contributed by atoms with E-state index in [-0.39, 0.29) is 12.5 Å². The highest BCUT2D eigenvalue weighted by Gasteiger charge is 2.08. The minimum absolute atomic E-state index is 0.0819. The molecule has 0 aliphatic carbocycles. The average molecular weight is 340 g/mol. The number of hydrogen-bond donors (Lipinski definition) is 1. The molecule has 1 amide bonds. The summed E-state index contributed by atoms with van der Waals surface area (Å²) in [6.45, 7) is 6.21. The van der Waals surface area contributed by atoms with Crippen LogP contribution in [0.4, 0.5) is 5.69 Å². The molecule has 7 nitrogen and oxygen atoms in total. The van der Waals surface area contributed by atoms with E-state index in [0.29, 0.717) is 23.9 Å². The molecule has 0 spiro atoms. The van der Waals surface area contributed by atoms with Gasteiger partial charge < -0.3 is 14.8 Å². The highest BCUT2D eigenvalue weighted by Crippen LogP contribution is 2.18. The van der Waals surface area contributed by atoms with Crippen LogP contribution >= 0.6 is 0 Å². The van der Waals surface area contributed by atoms with E-state index in [2.05, 4.69) is 15.4 Å². The van der Waals surface area contributed by atoms with E-state index in [1.165, 1.54) is 0 Å². The Morgan fingerprint density at radius 1 is 1.16 bits per heavy atom. The van der Waals surface area contributed by atoms with E-state index in [1.807, 2.05) is 26.8 Å². The molecule has 3 aromatic rings. The lowest BCUT2D eigenvalue weighted by Crippen LogP contribution is -2.20. The van der Waals surface area contributed by atoms with Crippen molar-refractivity contribution in [3.63, 3.8) is 0 Å². The lowest BCUT2D eigenvalue weighted by atomic mass is 10.3. The Kier molecular flexibility index (Phi) is 4.83. The first-order chi connectivity index (χ1) is 12.0. The molecular formula is C18H20N4O3.